The number of rotatable bonds is 5. The van der Waals surface area contributed by atoms with Crippen molar-refractivity contribution >= 4 is 45.5 Å². The second-order valence-corrected chi connectivity index (χ2v) is 11.2. The zero-order valence-electron chi connectivity index (χ0n) is 20.2. The molecule has 0 unspecified atom stereocenters. The first-order valence-corrected chi connectivity index (χ1v) is 13.5. The Morgan fingerprint density at radius 1 is 1.13 bits per heavy atom. The number of aromatic nitrogens is 5. The van der Waals surface area contributed by atoms with Crippen LogP contribution in [-0.2, 0) is 6.18 Å². The van der Waals surface area contributed by atoms with Crippen LogP contribution in [0.1, 0.15) is 39.8 Å². The fourth-order valence-corrected chi connectivity index (χ4v) is 6.58. The van der Waals surface area contributed by atoms with Gasteiger partial charge in [-0.15, -0.1) is 22.7 Å². The van der Waals surface area contributed by atoms with Crippen molar-refractivity contribution in [3.05, 3.63) is 45.9 Å². The first-order chi connectivity index (χ1) is 18.2. The molecule has 198 valence electrons. The molecule has 2 bridgehead atoms. The quantitative estimate of drug-likeness (QED) is 0.362. The molecule has 0 spiro atoms. The number of hydrogen-bond donors (Lipinski definition) is 1. The van der Waals surface area contributed by atoms with Crippen LogP contribution < -0.4 is 10.2 Å². The summed E-state index contributed by atoms with van der Waals surface area (Å²) in [5.74, 6) is -1.08. The summed E-state index contributed by atoms with van der Waals surface area (Å²) < 4.78 is 42.9. The smallest absolute Gasteiger partial charge is 0.334 e. The molecule has 4 aromatic rings. The van der Waals surface area contributed by atoms with Gasteiger partial charge in [0.25, 0.3) is 11.9 Å². The summed E-state index contributed by atoms with van der Waals surface area (Å²) in [6, 6.07) is 3.11. The number of anilines is 3. The summed E-state index contributed by atoms with van der Waals surface area (Å²) in [6.45, 7) is 4.59. The molecular formula is C23H21F3N8O2S2. The molecule has 1 amide bonds. The van der Waals surface area contributed by atoms with Gasteiger partial charge in [-0.05, 0) is 44.0 Å². The van der Waals surface area contributed by atoms with Gasteiger partial charge in [-0.3, -0.25) is 4.79 Å². The number of amides is 1. The predicted molar refractivity (Wildman–Crippen MR) is 135 cm³/mol. The first-order valence-electron chi connectivity index (χ1n) is 11.8. The van der Waals surface area contributed by atoms with Crippen molar-refractivity contribution in [1.82, 2.24) is 30.0 Å². The number of pyridine rings is 1. The highest BCUT2D eigenvalue weighted by Gasteiger charge is 2.45. The molecule has 2 aliphatic rings. The number of hydrogen-bond acceptors (Lipinski definition) is 11. The van der Waals surface area contributed by atoms with E-state index in [0.29, 0.717) is 29.6 Å². The maximum atomic E-state index is 13.3. The van der Waals surface area contributed by atoms with Crippen molar-refractivity contribution < 1.29 is 22.5 Å². The van der Waals surface area contributed by atoms with Crippen LogP contribution in [-0.4, -0.2) is 61.1 Å². The number of nitrogens with one attached hydrogen (secondary N) is 1. The van der Waals surface area contributed by atoms with Crippen LogP contribution in [0, 0.1) is 13.8 Å². The third-order valence-corrected chi connectivity index (χ3v) is 8.40. The molecule has 4 aromatic heterocycles. The van der Waals surface area contributed by atoms with E-state index in [1.165, 1.54) is 17.5 Å². The lowest BCUT2D eigenvalue weighted by Gasteiger charge is -2.40. The maximum absolute atomic E-state index is 13.3. The number of carbonyl (C=O) groups excluding carboxylic acids is 1. The fourth-order valence-electron chi connectivity index (χ4n) is 4.91. The molecule has 0 radical (unpaired) electrons. The molecular weight excluding hydrogens is 541 g/mol. The van der Waals surface area contributed by atoms with Crippen LogP contribution in [0.4, 0.5) is 30.1 Å². The number of carbonyl (C=O) groups is 1. The van der Waals surface area contributed by atoms with Crippen molar-refractivity contribution in [3.63, 3.8) is 0 Å². The molecule has 0 saturated carbocycles. The molecule has 2 aliphatic heterocycles. The molecule has 0 aromatic carbocycles. The van der Waals surface area contributed by atoms with Crippen molar-refractivity contribution in [2.45, 2.75) is 44.9 Å². The van der Waals surface area contributed by atoms with Crippen LogP contribution in [0.3, 0.4) is 0 Å². The van der Waals surface area contributed by atoms with Gasteiger partial charge in [0.1, 0.15) is 5.82 Å². The van der Waals surface area contributed by atoms with Gasteiger partial charge in [0.15, 0.2) is 5.13 Å². The van der Waals surface area contributed by atoms with Gasteiger partial charge in [-0.2, -0.15) is 18.2 Å². The Kier molecular flexibility index (Phi) is 6.06. The molecule has 6 heterocycles. The lowest BCUT2D eigenvalue weighted by Crippen LogP contribution is -2.56. The van der Waals surface area contributed by atoms with Gasteiger partial charge < -0.3 is 19.6 Å². The van der Waals surface area contributed by atoms with Crippen molar-refractivity contribution in [3.8, 4) is 10.6 Å². The standard InChI is InChI=1S/C23H21F3N8O2S2/c1-11-18(38-12(2)28-11)16-10-37-22(29-16)30-17-6-3-13(7-27-17)19(35)34-14-4-5-15(34)9-33(8-14)21-31-20(36-32-21)23(24,25)26/h3,6-7,10,14-15H,4-5,8-9H2,1-2H3,(H,27,29,30)/t14-,15-/m0/s1. The van der Waals surface area contributed by atoms with E-state index in [9.17, 15) is 18.0 Å². The van der Waals surface area contributed by atoms with Crippen molar-refractivity contribution in [1.29, 1.82) is 0 Å². The van der Waals surface area contributed by atoms with Gasteiger partial charge in [0.05, 0.1) is 38.9 Å². The second kappa shape index (κ2) is 9.31. The summed E-state index contributed by atoms with van der Waals surface area (Å²) in [5.41, 5.74) is 2.25. The largest absolute Gasteiger partial charge is 0.471 e. The molecule has 38 heavy (non-hydrogen) atoms. The number of piperazine rings is 1. The molecule has 6 rings (SSSR count). The highest BCUT2D eigenvalue weighted by atomic mass is 32.1. The molecule has 2 fully saturated rings. The van der Waals surface area contributed by atoms with Crippen molar-refractivity contribution in [2.75, 3.05) is 23.3 Å². The summed E-state index contributed by atoms with van der Waals surface area (Å²) in [5, 5.41) is 10.3. The van der Waals surface area contributed by atoms with E-state index in [1.807, 2.05) is 19.2 Å². The Balaban J connectivity index is 1.11. The minimum Gasteiger partial charge on any atom is -0.334 e. The summed E-state index contributed by atoms with van der Waals surface area (Å²) in [7, 11) is 0. The number of nitrogens with zero attached hydrogens (tertiary/aromatic N) is 7. The molecule has 0 aliphatic carbocycles. The van der Waals surface area contributed by atoms with Gasteiger partial charge in [0.2, 0.25) is 0 Å². The summed E-state index contributed by atoms with van der Waals surface area (Å²) in [4.78, 5) is 34.8. The number of alkyl halides is 3. The van der Waals surface area contributed by atoms with Crippen molar-refractivity contribution in [2.24, 2.45) is 0 Å². The van der Waals surface area contributed by atoms with Crippen LogP contribution >= 0.6 is 22.7 Å². The topological polar surface area (TPSA) is 113 Å². The van der Waals surface area contributed by atoms with E-state index in [4.69, 9.17) is 0 Å². The highest BCUT2D eigenvalue weighted by molar-refractivity contribution is 7.16. The van der Waals surface area contributed by atoms with Gasteiger partial charge in [-0.1, -0.05) is 0 Å². The van der Waals surface area contributed by atoms with E-state index in [0.717, 1.165) is 34.1 Å². The lowest BCUT2D eigenvalue weighted by molar-refractivity contribution is -0.159. The summed E-state index contributed by atoms with van der Waals surface area (Å²) >= 11 is 3.06. The normalized spacial score (nSPS) is 19.3. The number of fused-ring (bicyclic) bond motifs is 2. The van der Waals surface area contributed by atoms with Crippen LogP contribution in [0.25, 0.3) is 10.6 Å². The monoisotopic (exact) mass is 562 g/mol. The Morgan fingerprint density at radius 3 is 2.50 bits per heavy atom. The second-order valence-electron chi connectivity index (χ2n) is 9.14. The third-order valence-electron chi connectivity index (χ3n) is 6.54. The minimum atomic E-state index is -4.70. The zero-order chi connectivity index (χ0) is 26.6. The van der Waals surface area contributed by atoms with E-state index in [2.05, 4.69) is 34.9 Å². The Bertz CT molecular complexity index is 1470. The first kappa shape index (κ1) is 24.7. The zero-order valence-corrected chi connectivity index (χ0v) is 21.8. The third kappa shape index (κ3) is 4.60. The van der Waals surface area contributed by atoms with Gasteiger partial charge in [0, 0.05) is 24.7 Å². The molecule has 15 heteroatoms. The van der Waals surface area contributed by atoms with E-state index >= 15 is 0 Å². The maximum Gasteiger partial charge on any atom is 0.471 e. The Morgan fingerprint density at radius 2 is 1.89 bits per heavy atom. The minimum absolute atomic E-state index is 0.107. The number of thiazole rings is 2. The SMILES string of the molecule is Cc1nc(C)c(-c2csc(Nc3ccc(C(=O)N4[C@H]5CC[C@H]4CN(c4noc(C(F)(F)F)n4)C5)cn3)n2)s1. The van der Waals surface area contributed by atoms with E-state index in [1.54, 1.807) is 33.3 Å². The Hall–Kier alpha value is -3.59. The predicted octanol–water partition coefficient (Wildman–Crippen LogP) is 4.92. The average molecular weight is 563 g/mol. The van der Waals surface area contributed by atoms with Crippen LogP contribution in [0.15, 0.2) is 28.2 Å². The molecule has 1 N–H and O–H groups in total. The lowest BCUT2D eigenvalue weighted by atomic mass is 10.1. The molecule has 2 saturated heterocycles. The van der Waals surface area contributed by atoms with Crippen LogP contribution in [0.2, 0.25) is 0 Å². The van der Waals surface area contributed by atoms with Crippen LogP contribution in [0.5, 0.6) is 0 Å². The highest BCUT2D eigenvalue weighted by Crippen LogP contribution is 2.35. The fraction of sp³-hybridized carbons (Fsp3) is 0.391. The molecule has 2 atom stereocenters. The van der Waals surface area contributed by atoms with E-state index in [-0.39, 0.29) is 23.9 Å². The summed E-state index contributed by atoms with van der Waals surface area (Å²) in [6.07, 6.45) is -1.68. The van der Waals surface area contributed by atoms with Gasteiger partial charge in [-0.25, -0.2) is 15.0 Å². The average Bonchev–Trinajstić information content (AvgIpc) is 3.65. The molecule has 10 nitrogen and oxygen atoms in total. The Labute approximate surface area is 222 Å². The van der Waals surface area contributed by atoms with Gasteiger partial charge >= 0.3 is 12.1 Å². The number of aryl methyl sites for hydroxylation is 2. The van der Waals surface area contributed by atoms with E-state index < -0.39 is 12.1 Å². The number of halogens is 3.